The van der Waals surface area contributed by atoms with Crippen LogP contribution >= 0.6 is 0 Å². The van der Waals surface area contributed by atoms with Gasteiger partial charge < -0.3 is 5.32 Å². The fraction of sp³-hybridized carbons (Fsp3) is 0.269. The molecule has 0 atom stereocenters. The third kappa shape index (κ3) is 5.16. The Morgan fingerprint density at radius 2 is 1.39 bits per heavy atom. The summed E-state index contributed by atoms with van der Waals surface area (Å²) in [7, 11) is -3.61. The summed E-state index contributed by atoms with van der Waals surface area (Å²) in [6.45, 7) is 5.34. The van der Waals surface area contributed by atoms with Crippen LogP contribution in [0.1, 0.15) is 29.7 Å². The van der Waals surface area contributed by atoms with Crippen molar-refractivity contribution in [2.75, 3.05) is 31.5 Å². The topological polar surface area (TPSA) is 69.7 Å². The minimum atomic E-state index is -3.61. The highest BCUT2D eigenvalue weighted by Gasteiger charge is 2.32. The van der Waals surface area contributed by atoms with Crippen molar-refractivity contribution in [3.63, 3.8) is 0 Å². The van der Waals surface area contributed by atoms with Crippen LogP contribution in [0.25, 0.3) is 0 Å². The number of nitrogens with zero attached hydrogens (tertiary/aromatic N) is 2. The van der Waals surface area contributed by atoms with Gasteiger partial charge in [-0.15, -0.1) is 0 Å². The molecule has 1 N–H and O–H groups in total. The summed E-state index contributed by atoms with van der Waals surface area (Å²) in [5, 5.41) is 2.73. The molecular formula is C26H29N3O3S. The summed E-state index contributed by atoms with van der Waals surface area (Å²) in [6, 6.07) is 25.6. The molecule has 1 aliphatic heterocycles. The number of benzene rings is 3. The third-order valence-electron chi connectivity index (χ3n) is 6.02. The molecule has 0 spiro atoms. The lowest BCUT2D eigenvalue weighted by molar-refractivity contribution is -0.114. The molecule has 172 valence electrons. The molecule has 0 aromatic heterocycles. The van der Waals surface area contributed by atoms with Crippen molar-refractivity contribution >= 4 is 21.6 Å². The van der Waals surface area contributed by atoms with Gasteiger partial charge >= 0.3 is 0 Å². The quantitative estimate of drug-likeness (QED) is 0.599. The Labute approximate surface area is 195 Å². The number of amides is 1. The van der Waals surface area contributed by atoms with Gasteiger partial charge in [0, 0.05) is 38.8 Å². The standard InChI is InChI=1S/C26H29N3O3S/c1-20-19-24(13-14-25(20)27-21(2)30)33(31,32)29-17-15-28(16-18-29)26(22-9-5-3-6-10-22)23-11-7-4-8-12-23/h3-14,19,26H,15-18H2,1-2H3,(H,27,30). The van der Waals surface area contributed by atoms with E-state index in [1.54, 1.807) is 29.4 Å². The Hall–Kier alpha value is -3.00. The van der Waals surface area contributed by atoms with Crippen LogP contribution in [-0.4, -0.2) is 49.7 Å². The van der Waals surface area contributed by atoms with Crippen molar-refractivity contribution in [1.29, 1.82) is 0 Å². The van der Waals surface area contributed by atoms with Crippen LogP contribution < -0.4 is 5.32 Å². The summed E-state index contributed by atoms with van der Waals surface area (Å²) in [4.78, 5) is 13.9. The van der Waals surface area contributed by atoms with Gasteiger partial charge in [-0.05, 0) is 41.8 Å². The highest BCUT2D eigenvalue weighted by molar-refractivity contribution is 7.89. The fourth-order valence-electron chi connectivity index (χ4n) is 4.36. The third-order valence-corrected chi connectivity index (χ3v) is 7.91. The molecule has 1 fully saturated rings. The summed E-state index contributed by atoms with van der Waals surface area (Å²) >= 11 is 0. The van der Waals surface area contributed by atoms with Gasteiger partial charge in [0.25, 0.3) is 0 Å². The van der Waals surface area contributed by atoms with Crippen LogP contribution in [0.4, 0.5) is 5.69 Å². The number of rotatable bonds is 6. The first-order chi connectivity index (χ1) is 15.9. The fourth-order valence-corrected chi connectivity index (χ4v) is 5.87. The van der Waals surface area contributed by atoms with Gasteiger partial charge in [0.15, 0.2) is 0 Å². The van der Waals surface area contributed by atoms with Gasteiger partial charge in [0.1, 0.15) is 0 Å². The Morgan fingerprint density at radius 1 is 0.848 bits per heavy atom. The molecule has 1 amide bonds. The predicted octanol–water partition coefficient (Wildman–Crippen LogP) is 4.05. The van der Waals surface area contributed by atoms with E-state index < -0.39 is 10.0 Å². The van der Waals surface area contributed by atoms with Crippen LogP contribution in [0.3, 0.4) is 0 Å². The second-order valence-electron chi connectivity index (χ2n) is 8.32. The van der Waals surface area contributed by atoms with Crippen molar-refractivity contribution in [1.82, 2.24) is 9.21 Å². The van der Waals surface area contributed by atoms with Crippen LogP contribution in [-0.2, 0) is 14.8 Å². The van der Waals surface area contributed by atoms with Gasteiger partial charge in [0.05, 0.1) is 10.9 Å². The molecule has 4 rings (SSSR count). The maximum atomic E-state index is 13.3. The molecule has 1 aliphatic rings. The Morgan fingerprint density at radius 3 is 1.88 bits per heavy atom. The minimum Gasteiger partial charge on any atom is -0.326 e. The zero-order valence-electron chi connectivity index (χ0n) is 18.9. The highest BCUT2D eigenvalue weighted by Crippen LogP contribution is 2.31. The van der Waals surface area contributed by atoms with Gasteiger partial charge in [-0.3, -0.25) is 9.69 Å². The number of aryl methyl sites for hydroxylation is 1. The van der Waals surface area contributed by atoms with Crippen molar-refractivity contribution in [2.45, 2.75) is 24.8 Å². The van der Waals surface area contributed by atoms with Crippen molar-refractivity contribution in [3.8, 4) is 0 Å². The van der Waals surface area contributed by atoms with Crippen LogP contribution in [0.2, 0.25) is 0 Å². The smallest absolute Gasteiger partial charge is 0.243 e. The average Bonchev–Trinajstić information content (AvgIpc) is 2.82. The summed E-state index contributed by atoms with van der Waals surface area (Å²) < 4.78 is 28.2. The van der Waals surface area contributed by atoms with E-state index in [1.807, 2.05) is 36.4 Å². The zero-order valence-corrected chi connectivity index (χ0v) is 19.8. The first kappa shape index (κ1) is 23.2. The van der Waals surface area contributed by atoms with Gasteiger partial charge in [-0.2, -0.15) is 4.31 Å². The summed E-state index contributed by atoms with van der Waals surface area (Å²) in [6.07, 6.45) is 0. The van der Waals surface area contributed by atoms with Gasteiger partial charge in [-0.25, -0.2) is 8.42 Å². The Balaban J connectivity index is 1.52. The molecule has 6 nitrogen and oxygen atoms in total. The number of carbonyl (C=O) groups is 1. The predicted molar refractivity (Wildman–Crippen MR) is 131 cm³/mol. The number of nitrogens with one attached hydrogen (secondary N) is 1. The normalized spacial score (nSPS) is 15.5. The van der Waals surface area contributed by atoms with Crippen molar-refractivity contribution < 1.29 is 13.2 Å². The Bertz CT molecular complexity index is 1170. The van der Waals surface area contributed by atoms with E-state index in [-0.39, 0.29) is 16.8 Å². The van der Waals surface area contributed by atoms with Crippen molar-refractivity contribution in [2.24, 2.45) is 0 Å². The molecule has 1 saturated heterocycles. The van der Waals surface area contributed by atoms with E-state index in [4.69, 9.17) is 0 Å². The van der Waals surface area contributed by atoms with E-state index in [2.05, 4.69) is 34.5 Å². The Kier molecular flexibility index (Phi) is 6.93. The monoisotopic (exact) mass is 463 g/mol. The molecule has 0 radical (unpaired) electrons. The number of sulfonamides is 1. The van der Waals surface area contributed by atoms with E-state index in [1.165, 1.54) is 18.1 Å². The van der Waals surface area contributed by atoms with Gasteiger partial charge in [-0.1, -0.05) is 60.7 Å². The number of carbonyl (C=O) groups excluding carboxylic acids is 1. The minimum absolute atomic E-state index is 0.0800. The number of hydrogen-bond acceptors (Lipinski definition) is 4. The second-order valence-corrected chi connectivity index (χ2v) is 10.3. The average molecular weight is 464 g/mol. The lowest BCUT2D eigenvalue weighted by atomic mass is 9.96. The molecule has 0 bridgehead atoms. The largest absolute Gasteiger partial charge is 0.326 e. The maximum Gasteiger partial charge on any atom is 0.243 e. The molecule has 0 aliphatic carbocycles. The molecule has 33 heavy (non-hydrogen) atoms. The molecule has 3 aromatic carbocycles. The zero-order chi connectivity index (χ0) is 23.4. The molecule has 3 aromatic rings. The van der Waals surface area contributed by atoms with E-state index in [0.717, 1.165) is 5.56 Å². The molecule has 0 unspecified atom stereocenters. The van der Waals surface area contributed by atoms with Gasteiger partial charge in [0.2, 0.25) is 15.9 Å². The lowest BCUT2D eigenvalue weighted by Crippen LogP contribution is -2.49. The first-order valence-electron chi connectivity index (χ1n) is 11.1. The van der Waals surface area contributed by atoms with E-state index in [0.29, 0.717) is 31.9 Å². The van der Waals surface area contributed by atoms with Crippen LogP contribution in [0, 0.1) is 6.92 Å². The van der Waals surface area contributed by atoms with E-state index >= 15 is 0 Å². The van der Waals surface area contributed by atoms with E-state index in [9.17, 15) is 13.2 Å². The van der Waals surface area contributed by atoms with Crippen LogP contribution in [0.5, 0.6) is 0 Å². The number of piperazine rings is 1. The maximum absolute atomic E-state index is 13.3. The van der Waals surface area contributed by atoms with Crippen LogP contribution in [0.15, 0.2) is 83.8 Å². The number of anilines is 1. The molecule has 0 saturated carbocycles. The number of hydrogen-bond donors (Lipinski definition) is 1. The highest BCUT2D eigenvalue weighted by atomic mass is 32.2. The lowest BCUT2D eigenvalue weighted by Gasteiger charge is -2.39. The molecular weight excluding hydrogens is 434 g/mol. The SMILES string of the molecule is CC(=O)Nc1ccc(S(=O)(=O)N2CCN(C(c3ccccc3)c3ccccc3)CC2)cc1C. The summed E-state index contributed by atoms with van der Waals surface area (Å²) in [5.74, 6) is -0.184. The molecule has 7 heteroatoms. The first-order valence-corrected chi connectivity index (χ1v) is 12.5. The summed E-state index contributed by atoms with van der Waals surface area (Å²) in [5.41, 5.74) is 3.74. The molecule has 1 heterocycles. The second kappa shape index (κ2) is 9.87. The van der Waals surface area contributed by atoms with Crippen molar-refractivity contribution in [3.05, 3.63) is 95.6 Å².